The molecule has 0 heterocycles. The summed E-state index contributed by atoms with van der Waals surface area (Å²) < 4.78 is 0. The number of amides is 1. The molecular weight excluding hydrogens is 406 g/mol. The Morgan fingerprint density at radius 3 is 2.50 bits per heavy atom. The van der Waals surface area contributed by atoms with Crippen LogP contribution in [0.1, 0.15) is 85.0 Å². The van der Waals surface area contributed by atoms with Crippen molar-refractivity contribution in [2.75, 3.05) is 6.54 Å². The maximum Gasteiger partial charge on any atom is 0.322 e. The molecule has 182 valence electrons. The Hall–Kier alpha value is -1.14. The van der Waals surface area contributed by atoms with Gasteiger partial charge in [0.2, 0.25) is 5.91 Å². The Morgan fingerprint density at radius 2 is 1.78 bits per heavy atom. The first-order valence-electron chi connectivity index (χ1n) is 12.9. The highest BCUT2D eigenvalue weighted by Crippen LogP contribution is 2.68. The summed E-state index contributed by atoms with van der Waals surface area (Å²) in [6.45, 7) is 6.65. The lowest BCUT2D eigenvalue weighted by Gasteiger charge is -2.62. The van der Waals surface area contributed by atoms with E-state index in [1.165, 1.54) is 12.8 Å². The lowest BCUT2D eigenvalue weighted by Crippen LogP contribution is -2.58. The van der Waals surface area contributed by atoms with E-state index in [2.05, 4.69) is 26.1 Å². The van der Waals surface area contributed by atoms with E-state index in [0.29, 0.717) is 41.9 Å². The summed E-state index contributed by atoms with van der Waals surface area (Å²) in [6, 6.07) is 0. The summed E-state index contributed by atoms with van der Waals surface area (Å²) >= 11 is 0. The predicted molar refractivity (Wildman–Crippen MR) is 122 cm³/mol. The molecule has 0 radical (unpaired) electrons. The molecule has 0 saturated heterocycles. The van der Waals surface area contributed by atoms with Gasteiger partial charge in [-0.1, -0.05) is 20.8 Å². The van der Waals surface area contributed by atoms with Gasteiger partial charge in [0.05, 0.1) is 12.2 Å². The van der Waals surface area contributed by atoms with Gasteiger partial charge in [-0.05, 0) is 104 Å². The molecule has 32 heavy (non-hydrogen) atoms. The van der Waals surface area contributed by atoms with E-state index >= 15 is 0 Å². The van der Waals surface area contributed by atoms with Crippen LogP contribution in [0.3, 0.4) is 0 Å². The number of aliphatic hydroxyl groups excluding tert-OH is 2. The molecule has 0 bridgehead atoms. The van der Waals surface area contributed by atoms with Crippen molar-refractivity contribution in [3.8, 4) is 0 Å². The van der Waals surface area contributed by atoms with Crippen LogP contribution in [0.4, 0.5) is 0 Å². The quantitative estimate of drug-likeness (QED) is 0.496. The number of carbonyl (C=O) groups is 2. The van der Waals surface area contributed by atoms with Crippen molar-refractivity contribution in [2.45, 2.75) is 97.2 Å². The Bertz CT molecular complexity index is 727. The number of carboxylic acids is 1. The van der Waals surface area contributed by atoms with Gasteiger partial charge in [0, 0.05) is 6.42 Å². The molecule has 6 heteroatoms. The smallest absolute Gasteiger partial charge is 0.322 e. The van der Waals surface area contributed by atoms with Crippen molar-refractivity contribution >= 4 is 11.9 Å². The molecule has 1 amide bonds. The van der Waals surface area contributed by atoms with Crippen LogP contribution in [0.2, 0.25) is 0 Å². The number of carbonyl (C=O) groups excluding carboxylic acids is 1. The van der Waals surface area contributed by atoms with Crippen LogP contribution < -0.4 is 5.32 Å². The highest BCUT2D eigenvalue weighted by atomic mass is 16.4. The SMILES string of the molecule is C[C@H](CCC(=O)NCC(=O)O)[C@H]1CC[C@H]2[C@@H]3CCC4CC(O)CC[C@]4(C)[C@H]3CC(O)[C@]12C. The van der Waals surface area contributed by atoms with Crippen molar-refractivity contribution in [1.29, 1.82) is 0 Å². The molecule has 0 aromatic rings. The highest BCUT2D eigenvalue weighted by molar-refractivity contribution is 5.81. The van der Waals surface area contributed by atoms with Gasteiger partial charge in [0.25, 0.3) is 0 Å². The van der Waals surface area contributed by atoms with E-state index in [0.717, 1.165) is 44.9 Å². The lowest BCUT2D eigenvalue weighted by atomic mass is 9.43. The monoisotopic (exact) mass is 449 g/mol. The third-order valence-corrected chi connectivity index (χ3v) is 10.8. The molecule has 4 saturated carbocycles. The minimum Gasteiger partial charge on any atom is -0.480 e. The summed E-state index contributed by atoms with van der Waals surface area (Å²) in [5.41, 5.74) is 0.145. The van der Waals surface area contributed by atoms with Crippen molar-refractivity contribution in [3.05, 3.63) is 0 Å². The number of aliphatic hydroxyl groups is 2. The molecule has 0 aromatic carbocycles. The fourth-order valence-corrected chi connectivity index (χ4v) is 8.98. The van der Waals surface area contributed by atoms with E-state index in [9.17, 15) is 19.8 Å². The molecule has 4 N–H and O–H groups in total. The van der Waals surface area contributed by atoms with Gasteiger partial charge in [-0.25, -0.2) is 0 Å². The molecule has 10 atom stereocenters. The maximum absolute atomic E-state index is 12.0. The third kappa shape index (κ3) is 4.00. The minimum atomic E-state index is -1.02. The zero-order chi connectivity index (χ0) is 23.3. The predicted octanol–water partition coefficient (Wildman–Crippen LogP) is 3.59. The summed E-state index contributed by atoms with van der Waals surface area (Å²) in [6.07, 6.45) is 9.12. The van der Waals surface area contributed by atoms with Crippen LogP contribution in [0.25, 0.3) is 0 Å². The van der Waals surface area contributed by atoms with Crippen LogP contribution in [0.15, 0.2) is 0 Å². The average Bonchev–Trinajstić information content (AvgIpc) is 3.10. The molecular formula is C26H43NO5. The minimum absolute atomic E-state index is 0.102. The van der Waals surface area contributed by atoms with Crippen LogP contribution in [-0.4, -0.2) is 45.9 Å². The van der Waals surface area contributed by atoms with Crippen molar-refractivity contribution < 1.29 is 24.9 Å². The normalized spacial score (nSPS) is 46.5. The fraction of sp³-hybridized carbons (Fsp3) is 0.923. The Balaban J connectivity index is 1.45. The zero-order valence-corrected chi connectivity index (χ0v) is 20.1. The standard InChI is InChI=1S/C26H43NO5/c1-15(4-9-23(30)27-14-24(31)32)19-7-8-20-18-6-5-16-12-17(28)10-11-25(16,2)21(18)13-22(29)26(19,20)3/h15-22,28-29H,4-14H2,1-3H3,(H,27,30)(H,31,32)/t15-,16?,17?,18+,19-,20+,21+,22?,25+,26-/m1/s1. The first-order chi connectivity index (χ1) is 15.1. The Morgan fingerprint density at radius 1 is 1.03 bits per heavy atom. The molecule has 4 aliphatic carbocycles. The van der Waals surface area contributed by atoms with Gasteiger partial charge in [-0.2, -0.15) is 0 Å². The molecule has 6 nitrogen and oxygen atoms in total. The van der Waals surface area contributed by atoms with Gasteiger partial charge in [-0.3, -0.25) is 9.59 Å². The van der Waals surface area contributed by atoms with Crippen molar-refractivity contribution in [3.63, 3.8) is 0 Å². The molecule has 0 aliphatic heterocycles. The van der Waals surface area contributed by atoms with E-state index in [4.69, 9.17) is 5.11 Å². The van der Waals surface area contributed by atoms with Crippen molar-refractivity contribution in [1.82, 2.24) is 5.32 Å². The number of hydrogen-bond acceptors (Lipinski definition) is 4. The second kappa shape index (κ2) is 8.90. The molecule has 3 unspecified atom stereocenters. The third-order valence-electron chi connectivity index (χ3n) is 10.8. The number of hydrogen-bond donors (Lipinski definition) is 4. The molecule has 0 spiro atoms. The summed E-state index contributed by atoms with van der Waals surface area (Å²) in [4.78, 5) is 22.7. The van der Waals surface area contributed by atoms with Crippen LogP contribution in [0, 0.1) is 46.3 Å². The average molecular weight is 450 g/mol. The Kier molecular flexibility index (Phi) is 6.68. The summed E-state index contributed by atoms with van der Waals surface area (Å²) in [5.74, 6) is 1.84. The first-order valence-corrected chi connectivity index (χ1v) is 12.9. The second-order valence-electron chi connectivity index (χ2n) is 12.1. The molecule has 4 aliphatic rings. The van der Waals surface area contributed by atoms with Gasteiger partial charge in [-0.15, -0.1) is 0 Å². The van der Waals surface area contributed by atoms with Crippen LogP contribution >= 0.6 is 0 Å². The number of carboxylic acid groups (broad SMARTS) is 1. The van der Waals surface area contributed by atoms with Crippen LogP contribution in [-0.2, 0) is 9.59 Å². The van der Waals surface area contributed by atoms with E-state index in [1.54, 1.807) is 0 Å². The van der Waals surface area contributed by atoms with E-state index in [1.807, 2.05) is 0 Å². The largest absolute Gasteiger partial charge is 0.480 e. The Labute approximate surface area is 192 Å². The van der Waals surface area contributed by atoms with Crippen LogP contribution in [0.5, 0.6) is 0 Å². The van der Waals surface area contributed by atoms with Gasteiger partial charge in [0.1, 0.15) is 6.54 Å². The topological polar surface area (TPSA) is 107 Å². The van der Waals surface area contributed by atoms with Gasteiger partial charge < -0.3 is 20.6 Å². The summed E-state index contributed by atoms with van der Waals surface area (Å²) in [7, 11) is 0. The van der Waals surface area contributed by atoms with Gasteiger partial charge in [0.15, 0.2) is 0 Å². The number of rotatable bonds is 6. The highest BCUT2D eigenvalue weighted by Gasteiger charge is 2.63. The molecule has 4 fully saturated rings. The van der Waals surface area contributed by atoms with Gasteiger partial charge >= 0.3 is 5.97 Å². The zero-order valence-electron chi connectivity index (χ0n) is 20.1. The molecule has 4 rings (SSSR count). The molecule has 0 aromatic heterocycles. The maximum atomic E-state index is 12.0. The van der Waals surface area contributed by atoms with Crippen molar-refractivity contribution in [2.24, 2.45) is 46.3 Å². The first kappa shape index (κ1) is 24.0. The second-order valence-corrected chi connectivity index (χ2v) is 12.1. The number of fused-ring (bicyclic) bond motifs is 5. The number of aliphatic carboxylic acids is 1. The van der Waals surface area contributed by atoms with E-state index < -0.39 is 5.97 Å². The lowest BCUT2D eigenvalue weighted by molar-refractivity contribution is -0.175. The fourth-order valence-electron chi connectivity index (χ4n) is 8.98. The van der Waals surface area contributed by atoms with E-state index in [-0.39, 0.29) is 35.5 Å². The number of nitrogens with one attached hydrogen (secondary N) is 1. The summed E-state index contributed by atoms with van der Waals surface area (Å²) in [5, 5.41) is 33.0.